The van der Waals surface area contributed by atoms with Crippen LogP contribution in [0, 0.1) is 10.1 Å². The Kier molecular flexibility index (Phi) is 5.86. The third-order valence-electron chi connectivity index (χ3n) is 3.17. The molecule has 0 bridgehead atoms. The van der Waals surface area contributed by atoms with E-state index in [1.54, 1.807) is 18.2 Å². The number of nitro groups is 1. The van der Waals surface area contributed by atoms with Gasteiger partial charge >= 0.3 is 5.97 Å². The van der Waals surface area contributed by atoms with Crippen molar-refractivity contribution in [3.8, 4) is 0 Å². The molecule has 0 aromatic heterocycles. The van der Waals surface area contributed by atoms with E-state index in [1.165, 1.54) is 43.5 Å². The van der Waals surface area contributed by atoms with Gasteiger partial charge in [0.1, 0.15) is 5.02 Å². The third-order valence-corrected chi connectivity index (χ3v) is 3.49. The number of hydrogen-bond donors (Lipinski definition) is 1. The first kappa shape index (κ1) is 18.2. The van der Waals surface area contributed by atoms with Crippen LogP contribution in [0.1, 0.15) is 15.9 Å². The summed E-state index contributed by atoms with van der Waals surface area (Å²) in [5.74, 6) is -0.898. The van der Waals surface area contributed by atoms with Gasteiger partial charge in [0.15, 0.2) is 0 Å². The number of ether oxygens (including phenoxy) is 1. The van der Waals surface area contributed by atoms with E-state index < -0.39 is 16.8 Å². The lowest BCUT2D eigenvalue weighted by atomic mass is 10.2. The average molecular weight is 361 g/mol. The Bertz CT molecular complexity index is 847. The van der Waals surface area contributed by atoms with Gasteiger partial charge in [0.05, 0.1) is 17.6 Å². The van der Waals surface area contributed by atoms with E-state index in [-0.39, 0.29) is 10.7 Å². The van der Waals surface area contributed by atoms with E-state index in [0.29, 0.717) is 16.8 Å². The van der Waals surface area contributed by atoms with Gasteiger partial charge in [0.2, 0.25) is 5.91 Å². The summed E-state index contributed by atoms with van der Waals surface area (Å²) in [5.41, 5.74) is 1.09. The van der Waals surface area contributed by atoms with E-state index in [4.69, 9.17) is 11.6 Å². The number of amides is 1. The van der Waals surface area contributed by atoms with Crippen molar-refractivity contribution in [2.75, 3.05) is 12.4 Å². The van der Waals surface area contributed by atoms with Crippen molar-refractivity contribution in [3.05, 3.63) is 74.8 Å². The highest BCUT2D eigenvalue weighted by atomic mass is 35.5. The number of nitrogens with zero attached hydrogens (tertiary/aromatic N) is 1. The number of hydrogen-bond acceptors (Lipinski definition) is 5. The number of carbonyl (C=O) groups excluding carboxylic acids is 2. The first-order chi connectivity index (χ1) is 11.9. The van der Waals surface area contributed by atoms with Crippen LogP contribution in [0.2, 0.25) is 5.02 Å². The van der Waals surface area contributed by atoms with Crippen LogP contribution in [0.5, 0.6) is 0 Å². The Morgan fingerprint density at radius 1 is 1.20 bits per heavy atom. The number of methoxy groups -OCH3 is 1. The molecule has 1 N–H and O–H groups in total. The van der Waals surface area contributed by atoms with Crippen LogP contribution in [0.25, 0.3) is 6.08 Å². The summed E-state index contributed by atoms with van der Waals surface area (Å²) < 4.78 is 4.58. The Morgan fingerprint density at radius 2 is 1.88 bits per heavy atom. The lowest BCUT2D eigenvalue weighted by Crippen LogP contribution is -2.08. The topological polar surface area (TPSA) is 98.5 Å². The Balaban J connectivity index is 2.05. The van der Waals surface area contributed by atoms with E-state index in [9.17, 15) is 19.7 Å². The highest BCUT2D eigenvalue weighted by Crippen LogP contribution is 2.25. The van der Waals surface area contributed by atoms with Gasteiger partial charge in [-0.1, -0.05) is 17.7 Å². The van der Waals surface area contributed by atoms with Crippen molar-refractivity contribution >= 4 is 40.9 Å². The number of nitro benzene ring substituents is 1. The molecular weight excluding hydrogens is 348 g/mol. The summed E-state index contributed by atoms with van der Waals surface area (Å²) in [7, 11) is 1.28. The molecule has 0 spiro atoms. The molecule has 7 nitrogen and oxygen atoms in total. The molecule has 0 aliphatic rings. The molecule has 2 aromatic carbocycles. The van der Waals surface area contributed by atoms with Gasteiger partial charge in [-0.15, -0.1) is 0 Å². The fourth-order valence-corrected chi connectivity index (χ4v) is 2.12. The van der Waals surface area contributed by atoms with E-state index in [1.807, 2.05) is 0 Å². The van der Waals surface area contributed by atoms with Crippen LogP contribution in [0.15, 0.2) is 48.5 Å². The molecule has 0 aliphatic heterocycles. The van der Waals surface area contributed by atoms with Gasteiger partial charge in [-0.3, -0.25) is 14.9 Å². The van der Waals surface area contributed by atoms with Crippen molar-refractivity contribution in [2.45, 2.75) is 0 Å². The second kappa shape index (κ2) is 8.07. The van der Waals surface area contributed by atoms with Crippen molar-refractivity contribution in [1.29, 1.82) is 0 Å². The van der Waals surface area contributed by atoms with Crippen LogP contribution in [-0.2, 0) is 9.53 Å². The van der Waals surface area contributed by atoms with E-state index in [2.05, 4.69) is 10.1 Å². The molecule has 0 saturated carbocycles. The number of esters is 1. The summed E-state index contributed by atoms with van der Waals surface area (Å²) in [4.78, 5) is 33.5. The summed E-state index contributed by atoms with van der Waals surface area (Å²) in [6.45, 7) is 0. The number of carbonyl (C=O) groups is 2. The SMILES string of the molecule is COC(=O)c1ccc(NC(=O)C=Cc2ccc(Cl)c([N+](=O)[O-])c2)cc1. The highest BCUT2D eigenvalue weighted by molar-refractivity contribution is 6.32. The molecule has 0 unspecified atom stereocenters. The van der Waals surface area contributed by atoms with E-state index >= 15 is 0 Å². The van der Waals surface area contributed by atoms with Crippen molar-refractivity contribution in [2.24, 2.45) is 0 Å². The van der Waals surface area contributed by atoms with Crippen LogP contribution in [0.4, 0.5) is 11.4 Å². The lowest BCUT2D eigenvalue weighted by molar-refractivity contribution is -0.384. The monoisotopic (exact) mass is 360 g/mol. The maximum absolute atomic E-state index is 11.9. The van der Waals surface area contributed by atoms with Crippen molar-refractivity contribution in [1.82, 2.24) is 0 Å². The normalized spacial score (nSPS) is 10.5. The van der Waals surface area contributed by atoms with Crippen LogP contribution < -0.4 is 5.32 Å². The summed E-state index contributed by atoms with van der Waals surface area (Å²) in [6, 6.07) is 10.4. The van der Waals surface area contributed by atoms with Gasteiger partial charge in [-0.25, -0.2) is 4.79 Å². The molecule has 0 aliphatic carbocycles. The molecule has 0 radical (unpaired) electrons. The Hall–Kier alpha value is -3.19. The van der Waals surface area contributed by atoms with Gasteiger partial charge in [0, 0.05) is 17.8 Å². The molecule has 0 atom stereocenters. The number of halogens is 1. The molecule has 1 amide bonds. The minimum absolute atomic E-state index is 0.0253. The smallest absolute Gasteiger partial charge is 0.337 e. The number of anilines is 1. The van der Waals surface area contributed by atoms with Crippen molar-refractivity contribution in [3.63, 3.8) is 0 Å². The van der Waals surface area contributed by atoms with Crippen LogP contribution >= 0.6 is 11.6 Å². The second-order valence-corrected chi connectivity index (χ2v) is 5.27. The van der Waals surface area contributed by atoms with Gasteiger partial charge < -0.3 is 10.1 Å². The molecule has 0 saturated heterocycles. The van der Waals surface area contributed by atoms with Gasteiger partial charge in [-0.05, 0) is 42.0 Å². The fraction of sp³-hybridized carbons (Fsp3) is 0.0588. The molecule has 8 heteroatoms. The quantitative estimate of drug-likeness (QED) is 0.379. The molecule has 2 aromatic rings. The number of benzene rings is 2. The first-order valence-electron chi connectivity index (χ1n) is 7.02. The molecular formula is C17H13ClN2O5. The maximum Gasteiger partial charge on any atom is 0.337 e. The summed E-state index contributed by atoms with van der Waals surface area (Å²) >= 11 is 5.73. The van der Waals surface area contributed by atoms with E-state index in [0.717, 1.165) is 0 Å². The number of rotatable bonds is 5. The van der Waals surface area contributed by atoms with Gasteiger partial charge in [0.25, 0.3) is 5.69 Å². The minimum atomic E-state index is -0.595. The average Bonchev–Trinajstić information content (AvgIpc) is 2.60. The van der Waals surface area contributed by atoms with Crippen LogP contribution in [0.3, 0.4) is 0 Å². The lowest BCUT2D eigenvalue weighted by Gasteiger charge is -2.03. The zero-order valence-electron chi connectivity index (χ0n) is 13.1. The Labute approximate surface area is 148 Å². The predicted molar refractivity (Wildman–Crippen MR) is 93.6 cm³/mol. The predicted octanol–water partition coefficient (Wildman–Crippen LogP) is 3.69. The second-order valence-electron chi connectivity index (χ2n) is 4.86. The molecule has 128 valence electrons. The number of nitrogens with one attached hydrogen (secondary N) is 1. The summed E-state index contributed by atoms with van der Waals surface area (Å²) in [6.07, 6.45) is 2.67. The zero-order valence-corrected chi connectivity index (χ0v) is 13.8. The molecule has 0 heterocycles. The van der Waals surface area contributed by atoms with Crippen LogP contribution in [-0.4, -0.2) is 23.9 Å². The van der Waals surface area contributed by atoms with Gasteiger partial charge in [-0.2, -0.15) is 0 Å². The third kappa shape index (κ3) is 4.89. The first-order valence-corrected chi connectivity index (χ1v) is 7.40. The standard InChI is InChI=1S/C17H13ClN2O5/c1-25-17(22)12-4-6-13(7-5-12)19-16(21)9-3-11-2-8-14(18)15(10-11)20(23)24/h2-10H,1H3,(H,19,21). The fourth-order valence-electron chi connectivity index (χ4n) is 1.94. The molecule has 0 fully saturated rings. The largest absolute Gasteiger partial charge is 0.465 e. The molecule has 2 rings (SSSR count). The van der Waals surface area contributed by atoms with Crippen molar-refractivity contribution < 1.29 is 19.2 Å². The Morgan fingerprint density at radius 3 is 2.48 bits per heavy atom. The maximum atomic E-state index is 11.9. The summed E-state index contributed by atoms with van der Waals surface area (Å²) in [5, 5.41) is 13.5. The zero-order chi connectivity index (χ0) is 18.4. The minimum Gasteiger partial charge on any atom is -0.465 e. The highest BCUT2D eigenvalue weighted by Gasteiger charge is 2.11. The molecule has 25 heavy (non-hydrogen) atoms.